The molecule has 0 N–H and O–H groups in total. The summed E-state index contributed by atoms with van der Waals surface area (Å²) in [7, 11) is 0. The molecule has 0 saturated carbocycles. The quantitative estimate of drug-likeness (QED) is 0.650. The van der Waals surface area contributed by atoms with E-state index in [1.807, 2.05) is 79.6 Å². The number of carbonyl (C=O) groups excluding carboxylic acids is 1. The summed E-state index contributed by atoms with van der Waals surface area (Å²) in [6.45, 7) is 16.0. The van der Waals surface area contributed by atoms with Gasteiger partial charge in [-0.05, 0) is 11.1 Å². The summed E-state index contributed by atoms with van der Waals surface area (Å²) >= 11 is 0. The molecule has 0 saturated heterocycles. The molecule has 0 bridgehead atoms. The van der Waals surface area contributed by atoms with Gasteiger partial charge in [0.05, 0.1) is 0 Å². The summed E-state index contributed by atoms with van der Waals surface area (Å²) in [5, 5.41) is 0. The fourth-order valence-corrected chi connectivity index (χ4v) is 1.18. The highest BCUT2D eigenvalue weighted by molar-refractivity contribution is 5.46. The molecule has 1 heteroatoms. The van der Waals surface area contributed by atoms with E-state index in [0.29, 0.717) is 0 Å². The summed E-state index contributed by atoms with van der Waals surface area (Å²) in [5.74, 6) is 0. The third kappa shape index (κ3) is 13.5. The minimum Gasteiger partial charge on any atom is -0.307 e. The second kappa shape index (κ2) is 18.1. The summed E-state index contributed by atoms with van der Waals surface area (Å²) in [6.07, 6.45) is 6.94. The Labute approximate surface area is 134 Å². The summed E-state index contributed by atoms with van der Waals surface area (Å²) < 4.78 is 0. The number of hydrogen-bond acceptors (Lipinski definition) is 1. The maximum Gasteiger partial charge on any atom is 0.106 e. The van der Waals surface area contributed by atoms with Crippen molar-refractivity contribution in [2.45, 2.75) is 0 Å². The molecule has 0 unspecified atom stereocenters. The molecular formula is C21H24O. The molecule has 1 nitrogen and oxygen atoms in total. The summed E-state index contributed by atoms with van der Waals surface area (Å²) in [6, 6.07) is 20.1. The Morgan fingerprint density at radius 1 is 0.545 bits per heavy atom. The lowest BCUT2D eigenvalue weighted by atomic mass is 10.2. The Hall–Kier alpha value is -2.93. The SMILES string of the molecule is C=CC=C.C=Cc1ccccc1.C=Cc1ccccc1.C=O. The lowest BCUT2D eigenvalue weighted by Gasteiger charge is -1.85. The van der Waals surface area contributed by atoms with Crippen LogP contribution in [0.2, 0.25) is 0 Å². The van der Waals surface area contributed by atoms with Crippen molar-refractivity contribution in [2.75, 3.05) is 0 Å². The molecule has 0 aliphatic heterocycles. The van der Waals surface area contributed by atoms with Crippen molar-refractivity contribution in [3.8, 4) is 0 Å². The summed E-state index contributed by atoms with van der Waals surface area (Å²) in [4.78, 5) is 8.00. The van der Waals surface area contributed by atoms with Crippen molar-refractivity contribution in [3.05, 3.63) is 110 Å². The molecule has 0 aromatic heterocycles. The minimum atomic E-state index is 1.17. The van der Waals surface area contributed by atoms with Crippen molar-refractivity contribution in [3.63, 3.8) is 0 Å². The number of hydrogen-bond donors (Lipinski definition) is 0. The van der Waals surface area contributed by atoms with Crippen LogP contribution in [0.15, 0.2) is 99.1 Å². The van der Waals surface area contributed by atoms with Gasteiger partial charge in [0.15, 0.2) is 0 Å². The molecule has 2 rings (SSSR count). The number of allylic oxidation sites excluding steroid dienone is 2. The molecule has 22 heavy (non-hydrogen) atoms. The van der Waals surface area contributed by atoms with Crippen LogP contribution in [0, 0.1) is 0 Å². The van der Waals surface area contributed by atoms with E-state index in [2.05, 4.69) is 26.3 Å². The Morgan fingerprint density at radius 3 is 0.955 bits per heavy atom. The maximum atomic E-state index is 8.00. The van der Waals surface area contributed by atoms with Crippen LogP contribution in [0.25, 0.3) is 12.2 Å². The number of benzene rings is 2. The van der Waals surface area contributed by atoms with E-state index >= 15 is 0 Å². The van der Waals surface area contributed by atoms with Crippen LogP contribution in [0.1, 0.15) is 11.1 Å². The van der Waals surface area contributed by atoms with Gasteiger partial charge in [-0.25, -0.2) is 0 Å². The zero-order chi connectivity index (χ0) is 17.1. The first kappa shape index (κ1) is 21.4. The van der Waals surface area contributed by atoms with Gasteiger partial charge in [0.2, 0.25) is 0 Å². The molecule has 0 amide bonds. The summed E-state index contributed by atoms with van der Waals surface area (Å²) in [5.41, 5.74) is 2.35. The van der Waals surface area contributed by atoms with Crippen molar-refractivity contribution >= 4 is 18.9 Å². The normalized spacial score (nSPS) is 7.27. The monoisotopic (exact) mass is 292 g/mol. The van der Waals surface area contributed by atoms with Gasteiger partial charge in [0.1, 0.15) is 6.79 Å². The standard InChI is InChI=1S/2C8H8.C4H6.CH2O/c2*1-2-8-6-4-3-5-7-8;1-3-4-2;1-2/h2*2-7H,1H2;3-4H,1-2H2;1H2. The van der Waals surface area contributed by atoms with E-state index in [1.54, 1.807) is 12.2 Å². The third-order valence-corrected chi connectivity index (χ3v) is 2.24. The topological polar surface area (TPSA) is 17.1 Å². The van der Waals surface area contributed by atoms with Crippen LogP contribution in [0.4, 0.5) is 0 Å². The van der Waals surface area contributed by atoms with Crippen LogP contribution in [0.3, 0.4) is 0 Å². The number of rotatable bonds is 3. The van der Waals surface area contributed by atoms with Crippen molar-refractivity contribution in [1.29, 1.82) is 0 Å². The third-order valence-electron chi connectivity index (χ3n) is 2.24. The van der Waals surface area contributed by atoms with E-state index < -0.39 is 0 Å². The van der Waals surface area contributed by atoms with Crippen molar-refractivity contribution in [1.82, 2.24) is 0 Å². The Bertz CT molecular complexity index is 463. The molecule has 2 aromatic rings. The lowest BCUT2D eigenvalue weighted by Crippen LogP contribution is -1.63. The van der Waals surface area contributed by atoms with Gasteiger partial charge in [-0.15, -0.1) is 0 Å². The van der Waals surface area contributed by atoms with Gasteiger partial charge in [-0.2, -0.15) is 0 Å². The molecule has 2 aromatic carbocycles. The van der Waals surface area contributed by atoms with Crippen molar-refractivity contribution < 1.29 is 4.79 Å². The van der Waals surface area contributed by atoms with Crippen LogP contribution in [0.5, 0.6) is 0 Å². The van der Waals surface area contributed by atoms with E-state index in [4.69, 9.17) is 4.79 Å². The van der Waals surface area contributed by atoms with Gasteiger partial charge in [-0.3, -0.25) is 0 Å². The first-order valence-electron chi connectivity index (χ1n) is 6.65. The van der Waals surface area contributed by atoms with Gasteiger partial charge < -0.3 is 4.79 Å². The highest BCUT2D eigenvalue weighted by Gasteiger charge is 1.76. The Morgan fingerprint density at radius 2 is 0.818 bits per heavy atom. The average Bonchev–Trinajstić information content (AvgIpc) is 2.65. The number of carbonyl (C=O) groups is 1. The predicted molar refractivity (Wildman–Crippen MR) is 101 cm³/mol. The van der Waals surface area contributed by atoms with Crippen molar-refractivity contribution in [2.24, 2.45) is 0 Å². The lowest BCUT2D eigenvalue weighted by molar-refractivity contribution is -0.0979. The molecule has 0 atom stereocenters. The first-order chi connectivity index (χ1) is 10.8. The largest absolute Gasteiger partial charge is 0.307 e. The zero-order valence-electron chi connectivity index (χ0n) is 13.0. The van der Waals surface area contributed by atoms with Crippen LogP contribution in [-0.4, -0.2) is 6.79 Å². The van der Waals surface area contributed by atoms with E-state index in [1.165, 1.54) is 11.1 Å². The van der Waals surface area contributed by atoms with Gasteiger partial charge in [0, 0.05) is 0 Å². The second-order valence-corrected chi connectivity index (χ2v) is 3.70. The predicted octanol–water partition coefficient (Wildman–Crippen LogP) is 5.83. The fraction of sp³-hybridized carbons (Fsp3) is 0. The minimum absolute atomic E-state index is 1.17. The Kier molecular flexibility index (Phi) is 17.6. The second-order valence-electron chi connectivity index (χ2n) is 3.70. The van der Waals surface area contributed by atoms with E-state index in [9.17, 15) is 0 Å². The van der Waals surface area contributed by atoms with Crippen LogP contribution < -0.4 is 0 Å². The molecule has 0 spiro atoms. The average molecular weight is 292 g/mol. The van der Waals surface area contributed by atoms with Gasteiger partial charge in [-0.1, -0.05) is 111 Å². The fourth-order valence-electron chi connectivity index (χ4n) is 1.18. The maximum absolute atomic E-state index is 8.00. The highest BCUT2D eigenvalue weighted by Crippen LogP contribution is 1.98. The van der Waals surface area contributed by atoms with Gasteiger partial charge >= 0.3 is 0 Å². The highest BCUT2D eigenvalue weighted by atomic mass is 16.1. The zero-order valence-corrected chi connectivity index (χ0v) is 13.0. The Balaban J connectivity index is 0. The molecule has 0 heterocycles. The molecule has 114 valence electrons. The van der Waals surface area contributed by atoms with E-state index in [0.717, 1.165) is 0 Å². The van der Waals surface area contributed by atoms with Crippen LogP contribution >= 0.6 is 0 Å². The molecule has 0 radical (unpaired) electrons. The molecule has 0 aliphatic carbocycles. The molecule has 0 aliphatic rings. The first-order valence-corrected chi connectivity index (χ1v) is 6.65. The molecular weight excluding hydrogens is 268 g/mol. The van der Waals surface area contributed by atoms with E-state index in [-0.39, 0.29) is 0 Å². The van der Waals surface area contributed by atoms with Gasteiger partial charge in [0.25, 0.3) is 0 Å². The van der Waals surface area contributed by atoms with Crippen LogP contribution in [-0.2, 0) is 4.79 Å². The smallest absolute Gasteiger partial charge is 0.106 e. The molecule has 0 fully saturated rings.